The molecule has 2 heterocycles. The van der Waals surface area contributed by atoms with E-state index in [4.69, 9.17) is 16.3 Å². The van der Waals surface area contributed by atoms with Crippen LogP contribution in [-0.4, -0.2) is 49.9 Å². The highest BCUT2D eigenvalue weighted by molar-refractivity contribution is 7.89. The average Bonchev–Trinajstić information content (AvgIpc) is 3.23. The van der Waals surface area contributed by atoms with Crippen LogP contribution in [0.3, 0.4) is 0 Å². The summed E-state index contributed by atoms with van der Waals surface area (Å²) in [7, 11) is -3.54. The zero-order valence-corrected chi connectivity index (χ0v) is 18.1. The van der Waals surface area contributed by atoms with Crippen molar-refractivity contribution in [3.8, 4) is 11.3 Å². The highest BCUT2D eigenvalue weighted by atomic mass is 35.5. The third-order valence-corrected chi connectivity index (χ3v) is 7.51. The van der Waals surface area contributed by atoms with E-state index in [1.54, 1.807) is 48.5 Å². The molecule has 10 heteroatoms. The van der Waals surface area contributed by atoms with Gasteiger partial charge in [-0.3, -0.25) is 10.1 Å². The van der Waals surface area contributed by atoms with Gasteiger partial charge in [0.05, 0.1) is 23.8 Å². The number of carbonyl (C=O) groups excluding carboxylic acids is 1. The third-order valence-electron chi connectivity index (χ3n) is 4.59. The molecule has 0 radical (unpaired) electrons. The molecule has 0 aliphatic carbocycles. The minimum atomic E-state index is -3.54. The van der Waals surface area contributed by atoms with E-state index in [9.17, 15) is 13.2 Å². The maximum Gasteiger partial charge on any atom is 0.257 e. The van der Waals surface area contributed by atoms with Crippen LogP contribution in [0.5, 0.6) is 0 Å². The molecule has 4 rings (SSSR count). The Kier molecular flexibility index (Phi) is 6.16. The van der Waals surface area contributed by atoms with Crippen molar-refractivity contribution >= 4 is 44.0 Å². The number of halogens is 1. The van der Waals surface area contributed by atoms with Crippen molar-refractivity contribution in [2.45, 2.75) is 4.90 Å². The minimum absolute atomic E-state index is 0.236. The van der Waals surface area contributed by atoms with E-state index in [1.165, 1.54) is 15.6 Å². The molecule has 2 aromatic carbocycles. The Bertz CT molecular complexity index is 1140. The number of sulfonamides is 1. The first-order valence-corrected chi connectivity index (χ1v) is 11.8. The van der Waals surface area contributed by atoms with E-state index in [0.717, 1.165) is 5.56 Å². The lowest BCUT2D eigenvalue weighted by Gasteiger charge is -2.26. The molecule has 1 saturated heterocycles. The molecule has 156 valence electrons. The normalized spacial score (nSPS) is 15.1. The van der Waals surface area contributed by atoms with Crippen molar-refractivity contribution in [3.05, 3.63) is 64.5 Å². The van der Waals surface area contributed by atoms with Gasteiger partial charge >= 0.3 is 0 Å². The maximum absolute atomic E-state index is 12.7. The summed E-state index contributed by atoms with van der Waals surface area (Å²) in [6.45, 7) is 1.51. The maximum atomic E-state index is 12.7. The van der Waals surface area contributed by atoms with Crippen LogP contribution in [0.1, 0.15) is 10.4 Å². The van der Waals surface area contributed by atoms with Crippen molar-refractivity contribution in [1.82, 2.24) is 9.29 Å². The second kappa shape index (κ2) is 8.83. The molecule has 1 N–H and O–H groups in total. The Labute approximate surface area is 183 Å². The molecule has 1 aromatic heterocycles. The van der Waals surface area contributed by atoms with Crippen LogP contribution in [0.15, 0.2) is 58.8 Å². The van der Waals surface area contributed by atoms with Gasteiger partial charge in [-0.2, -0.15) is 4.31 Å². The SMILES string of the molecule is O=C(Nc1nc(-c2ccc(S(=O)(=O)N3CCOCC3)cc2)cs1)c1ccc(Cl)cc1. The summed E-state index contributed by atoms with van der Waals surface area (Å²) >= 11 is 7.14. The average molecular weight is 464 g/mol. The number of nitrogens with one attached hydrogen (secondary N) is 1. The van der Waals surface area contributed by atoms with Gasteiger partial charge in [0.15, 0.2) is 5.13 Å². The van der Waals surface area contributed by atoms with Crippen LogP contribution < -0.4 is 5.32 Å². The summed E-state index contributed by atoms with van der Waals surface area (Å²) in [5.41, 5.74) is 1.90. The molecule has 0 unspecified atom stereocenters. The largest absolute Gasteiger partial charge is 0.379 e. The molecule has 7 nitrogen and oxygen atoms in total. The fourth-order valence-corrected chi connectivity index (χ4v) is 5.22. The van der Waals surface area contributed by atoms with Crippen molar-refractivity contribution in [1.29, 1.82) is 0 Å². The molecule has 1 fully saturated rings. The van der Waals surface area contributed by atoms with E-state index in [2.05, 4.69) is 10.3 Å². The first kappa shape index (κ1) is 21.0. The van der Waals surface area contributed by atoms with Crippen LogP contribution in [0.4, 0.5) is 5.13 Å². The third kappa shape index (κ3) is 4.55. The number of anilines is 1. The van der Waals surface area contributed by atoms with Gasteiger partial charge in [0, 0.05) is 34.6 Å². The molecular formula is C20H18ClN3O4S2. The van der Waals surface area contributed by atoms with E-state index < -0.39 is 10.0 Å². The molecule has 3 aromatic rings. The lowest BCUT2D eigenvalue weighted by atomic mass is 10.2. The highest BCUT2D eigenvalue weighted by Crippen LogP contribution is 2.27. The van der Waals surface area contributed by atoms with Crippen molar-refractivity contribution in [3.63, 3.8) is 0 Å². The number of nitrogens with zero attached hydrogens (tertiary/aromatic N) is 2. The monoisotopic (exact) mass is 463 g/mol. The van der Waals surface area contributed by atoms with Crippen LogP contribution >= 0.6 is 22.9 Å². The number of carbonyl (C=O) groups is 1. The molecule has 0 spiro atoms. The first-order chi connectivity index (χ1) is 14.4. The van der Waals surface area contributed by atoms with Gasteiger partial charge in [-0.1, -0.05) is 23.7 Å². The smallest absolute Gasteiger partial charge is 0.257 e. The lowest BCUT2D eigenvalue weighted by molar-refractivity contribution is 0.0730. The number of aromatic nitrogens is 1. The molecule has 0 bridgehead atoms. The van der Waals surface area contributed by atoms with Gasteiger partial charge in [0.1, 0.15) is 0 Å². The van der Waals surface area contributed by atoms with E-state index >= 15 is 0 Å². The number of thiazole rings is 1. The Hall–Kier alpha value is -2.30. The summed E-state index contributed by atoms with van der Waals surface area (Å²) in [5, 5.41) is 5.58. The number of rotatable bonds is 5. The summed E-state index contributed by atoms with van der Waals surface area (Å²) < 4.78 is 32.1. The minimum Gasteiger partial charge on any atom is -0.379 e. The fraction of sp³-hybridized carbons (Fsp3) is 0.200. The van der Waals surface area contributed by atoms with E-state index in [1.807, 2.05) is 5.38 Å². The van der Waals surface area contributed by atoms with Gasteiger partial charge in [0.25, 0.3) is 5.91 Å². The first-order valence-electron chi connectivity index (χ1n) is 9.14. The zero-order chi connectivity index (χ0) is 21.1. The number of ether oxygens (including phenoxy) is 1. The molecule has 30 heavy (non-hydrogen) atoms. The van der Waals surface area contributed by atoms with Gasteiger partial charge in [-0.15, -0.1) is 11.3 Å². The standard InChI is InChI=1S/C20H18ClN3O4S2/c21-16-5-1-15(2-6-16)19(25)23-20-22-18(13-29-20)14-3-7-17(8-4-14)30(26,27)24-9-11-28-12-10-24/h1-8,13H,9-12H2,(H,22,23,25). The van der Waals surface area contributed by atoms with Gasteiger partial charge in [0.2, 0.25) is 10.0 Å². The van der Waals surface area contributed by atoms with Crippen molar-refractivity contribution in [2.75, 3.05) is 31.6 Å². The molecular weight excluding hydrogens is 446 g/mol. The van der Waals surface area contributed by atoms with Crippen LogP contribution in [-0.2, 0) is 14.8 Å². The van der Waals surface area contributed by atoms with Crippen LogP contribution in [0, 0.1) is 0 Å². The Morgan fingerprint density at radius 2 is 1.73 bits per heavy atom. The molecule has 0 atom stereocenters. The predicted molar refractivity (Wildman–Crippen MR) is 117 cm³/mol. The Morgan fingerprint density at radius 3 is 2.40 bits per heavy atom. The second-order valence-electron chi connectivity index (χ2n) is 6.54. The number of benzene rings is 2. The summed E-state index contributed by atoms with van der Waals surface area (Å²) in [5.74, 6) is -0.278. The predicted octanol–water partition coefficient (Wildman–Crippen LogP) is 3.74. The number of hydrogen-bond donors (Lipinski definition) is 1. The molecule has 1 aliphatic heterocycles. The highest BCUT2D eigenvalue weighted by Gasteiger charge is 2.26. The lowest BCUT2D eigenvalue weighted by Crippen LogP contribution is -2.40. The molecule has 1 amide bonds. The number of amides is 1. The Balaban J connectivity index is 1.47. The van der Waals surface area contributed by atoms with Gasteiger partial charge < -0.3 is 4.74 Å². The topological polar surface area (TPSA) is 88.6 Å². The second-order valence-corrected chi connectivity index (χ2v) is 9.77. The quantitative estimate of drug-likeness (QED) is 0.622. The van der Waals surface area contributed by atoms with Gasteiger partial charge in [-0.25, -0.2) is 13.4 Å². The summed E-state index contributed by atoms with van der Waals surface area (Å²) in [4.78, 5) is 17.0. The van der Waals surface area contributed by atoms with E-state index in [-0.39, 0.29) is 10.8 Å². The van der Waals surface area contributed by atoms with Gasteiger partial charge in [-0.05, 0) is 36.4 Å². The van der Waals surface area contributed by atoms with E-state index in [0.29, 0.717) is 47.7 Å². The van der Waals surface area contributed by atoms with Crippen molar-refractivity contribution in [2.24, 2.45) is 0 Å². The van der Waals surface area contributed by atoms with Crippen LogP contribution in [0.25, 0.3) is 11.3 Å². The summed E-state index contributed by atoms with van der Waals surface area (Å²) in [6.07, 6.45) is 0. The summed E-state index contributed by atoms with van der Waals surface area (Å²) in [6, 6.07) is 13.2. The fourth-order valence-electron chi connectivity index (χ4n) is 2.97. The zero-order valence-electron chi connectivity index (χ0n) is 15.7. The Morgan fingerprint density at radius 1 is 1.07 bits per heavy atom. The number of morpholine rings is 1. The van der Waals surface area contributed by atoms with Crippen LogP contribution in [0.2, 0.25) is 5.02 Å². The molecule has 1 aliphatic rings. The molecule has 0 saturated carbocycles. The van der Waals surface area contributed by atoms with Crippen molar-refractivity contribution < 1.29 is 17.9 Å². The number of hydrogen-bond acceptors (Lipinski definition) is 6.